The Labute approximate surface area is 80.3 Å². The summed E-state index contributed by atoms with van der Waals surface area (Å²) in [7, 11) is 0. The summed E-state index contributed by atoms with van der Waals surface area (Å²) in [5.41, 5.74) is 0.0248. The van der Waals surface area contributed by atoms with Crippen LogP contribution in [0.4, 0.5) is 0 Å². The minimum Gasteiger partial charge on any atom is -0.352 e. The van der Waals surface area contributed by atoms with Crippen molar-refractivity contribution in [3.8, 4) is 0 Å². The molecule has 0 aromatic heterocycles. The van der Waals surface area contributed by atoms with Gasteiger partial charge in [0.05, 0.1) is 6.54 Å². The average Bonchev–Trinajstić information content (AvgIpc) is 1.91. The number of carbonyl (C=O) groups excluding carboxylic acids is 1. The maximum Gasteiger partial charge on any atom is 0.234 e. The zero-order valence-corrected chi connectivity index (χ0v) is 8.81. The fraction of sp³-hybridized carbons (Fsp3) is 0.900. The Balaban J connectivity index is 2.10. The van der Waals surface area contributed by atoms with Gasteiger partial charge in [-0.15, -0.1) is 0 Å². The van der Waals surface area contributed by atoms with E-state index in [-0.39, 0.29) is 11.4 Å². The molecule has 0 heterocycles. The summed E-state index contributed by atoms with van der Waals surface area (Å²) in [5.74, 6) is 0.125. The molecule has 1 saturated carbocycles. The van der Waals surface area contributed by atoms with Gasteiger partial charge in [0.1, 0.15) is 0 Å². The zero-order valence-electron chi connectivity index (χ0n) is 8.81. The van der Waals surface area contributed by atoms with Gasteiger partial charge in [-0.05, 0) is 40.0 Å². The highest BCUT2D eigenvalue weighted by Crippen LogP contribution is 2.17. The topological polar surface area (TPSA) is 41.1 Å². The smallest absolute Gasteiger partial charge is 0.234 e. The van der Waals surface area contributed by atoms with Crippen molar-refractivity contribution in [3.63, 3.8) is 0 Å². The highest BCUT2D eigenvalue weighted by molar-refractivity contribution is 5.78. The Morgan fingerprint density at radius 3 is 2.38 bits per heavy atom. The minimum atomic E-state index is 0.0248. The van der Waals surface area contributed by atoms with E-state index in [0.29, 0.717) is 12.6 Å². The van der Waals surface area contributed by atoms with Gasteiger partial charge < -0.3 is 10.6 Å². The van der Waals surface area contributed by atoms with Gasteiger partial charge in [-0.25, -0.2) is 0 Å². The second-order valence-electron chi connectivity index (χ2n) is 4.80. The summed E-state index contributed by atoms with van der Waals surface area (Å²) >= 11 is 0. The molecule has 0 aliphatic heterocycles. The van der Waals surface area contributed by atoms with Crippen LogP contribution in [0.15, 0.2) is 0 Å². The lowest BCUT2D eigenvalue weighted by Crippen LogP contribution is -2.47. The van der Waals surface area contributed by atoms with Gasteiger partial charge >= 0.3 is 0 Å². The SMILES string of the molecule is CC(C)(C)NCC(=O)NC1CCC1. The lowest BCUT2D eigenvalue weighted by atomic mass is 9.93. The van der Waals surface area contributed by atoms with Crippen molar-refractivity contribution in [2.75, 3.05) is 6.54 Å². The average molecular weight is 184 g/mol. The third-order valence-electron chi connectivity index (χ3n) is 2.25. The molecule has 0 bridgehead atoms. The van der Waals surface area contributed by atoms with Crippen molar-refractivity contribution in [2.45, 2.75) is 51.6 Å². The lowest BCUT2D eigenvalue weighted by Gasteiger charge is -2.27. The molecular weight excluding hydrogens is 164 g/mol. The summed E-state index contributed by atoms with van der Waals surface area (Å²) in [6.07, 6.45) is 3.57. The van der Waals surface area contributed by atoms with Crippen LogP contribution in [0.3, 0.4) is 0 Å². The van der Waals surface area contributed by atoms with Crippen LogP contribution in [0.25, 0.3) is 0 Å². The van der Waals surface area contributed by atoms with E-state index in [9.17, 15) is 4.79 Å². The third kappa shape index (κ3) is 4.27. The molecule has 1 fully saturated rings. The van der Waals surface area contributed by atoms with E-state index in [1.165, 1.54) is 6.42 Å². The predicted molar refractivity (Wildman–Crippen MR) is 53.5 cm³/mol. The van der Waals surface area contributed by atoms with E-state index < -0.39 is 0 Å². The van der Waals surface area contributed by atoms with Crippen LogP contribution >= 0.6 is 0 Å². The van der Waals surface area contributed by atoms with Crippen LogP contribution in [-0.4, -0.2) is 24.0 Å². The van der Waals surface area contributed by atoms with E-state index in [2.05, 4.69) is 31.4 Å². The Bertz CT molecular complexity index is 180. The zero-order chi connectivity index (χ0) is 9.90. The molecule has 13 heavy (non-hydrogen) atoms. The van der Waals surface area contributed by atoms with Crippen LogP contribution < -0.4 is 10.6 Å². The summed E-state index contributed by atoms with van der Waals surface area (Å²) in [6.45, 7) is 6.61. The Morgan fingerprint density at radius 2 is 2.00 bits per heavy atom. The monoisotopic (exact) mass is 184 g/mol. The number of carbonyl (C=O) groups is 1. The van der Waals surface area contributed by atoms with Crippen LogP contribution in [-0.2, 0) is 4.79 Å². The van der Waals surface area contributed by atoms with Gasteiger partial charge in [0.15, 0.2) is 0 Å². The first-order valence-corrected chi connectivity index (χ1v) is 5.02. The molecule has 1 rings (SSSR count). The number of hydrogen-bond acceptors (Lipinski definition) is 2. The second-order valence-corrected chi connectivity index (χ2v) is 4.80. The van der Waals surface area contributed by atoms with Gasteiger partial charge in [-0.2, -0.15) is 0 Å². The molecule has 0 atom stereocenters. The fourth-order valence-electron chi connectivity index (χ4n) is 1.18. The number of hydrogen-bond donors (Lipinski definition) is 2. The van der Waals surface area contributed by atoms with Crippen molar-refractivity contribution in [1.29, 1.82) is 0 Å². The fourth-order valence-corrected chi connectivity index (χ4v) is 1.18. The van der Waals surface area contributed by atoms with Crippen LogP contribution in [0.2, 0.25) is 0 Å². The molecule has 3 nitrogen and oxygen atoms in total. The second kappa shape index (κ2) is 4.09. The molecular formula is C10H20N2O. The molecule has 3 heteroatoms. The van der Waals surface area contributed by atoms with E-state index in [1.54, 1.807) is 0 Å². The lowest BCUT2D eigenvalue weighted by molar-refractivity contribution is -0.121. The highest BCUT2D eigenvalue weighted by Gasteiger charge is 2.19. The molecule has 1 amide bonds. The third-order valence-corrected chi connectivity index (χ3v) is 2.25. The number of rotatable bonds is 3. The van der Waals surface area contributed by atoms with Gasteiger partial charge in [-0.3, -0.25) is 4.79 Å². The summed E-state index contributed by atoms with van der Waals surface area (Å²) in [6, 6.07) is 0.453. The van der Waals surface area contributed by atoms with Crippen LogP contribution in [0.5, 0.6) is 0 Å². The van der Waals surface area contributed by atoms with Crippen molar-refractivity contribution in [3.05, 3.63) is 0 Å². The standard InChI is InChI=1S/C10H20N2O/c1-10(2,3)11-7-9(13)12-8-5-4-6-8/h8,11H,4-7H2,1-3H3,(H,12,13). The van der Waals surface area contributed by atoms with E-state index in [0.717, 1.165) is 12.8 Å². The van der Waals surface area contributed by atoms with Crippen LogP contribution in [0, 0.1) is 0 Å². The maximum absolute atomic E-state index is 11.3. The van der Waals surface area contributed by atoms with Gasteiger partial charge in [0.2, 0.25) is 5.91 Å². The first-order chi connectivity index (χ1) is 5.97. The molecule has 0 aromatic carbocycles. The molecule has 76 valence electrons. The molecule has 1 aliphatic carbocycles. The molecule has 0 unspecified atom stereocenters. The van der Waals surface area contributed by atoms with Crippen molar-refractivity contribution < 1.29 is 4.79 Å². The molecule has 0 radical (unpaired) electrons. The van der Waals surface area contributed by atoms with Gasteiger partial charge in [-0.1, -0.05) is 0 Å². The van der Waals surface area contributed by atoms with Crippen LogP contribution in [0.1, 0.15) is 40.0 Å². The van der Waals surface area contributed by atoms with Gasteiger partial charge in [0.25, 0.3) is 0 Å². The minimum absolute atomic E-state index is 0.0248. The number of nitrogens with one attached hydrogen (secondary N) is 2. The van der Waals surface area contributed by atoms with Crippen molar-refractivity contribution >= 4 is 5.91 Å². The highest BCUT2D eigenvalue weighted by atomic mass is 16.2. The Hall–Kier alpha value is -0.570. The normalized spacial score (nSPS) is 18.1. The van der Waals surface area contributed by atoms with E-state index in [4.69, 9.17) is 0 Å². The first kappa shape index (κ1) is 10.5. The summed E-state index contributed by atoms with van der Waals surface area (Å²) in [5, 5.41) is 6.15. The summed E-state index contributed by atoms with van der Waals surface area (Å²) in [4.78, 5) is 11.3. The largest absolute Gasteiger partial charge is 0.352 e. The Morgan fingerprint density at radius 1 is 1.38 bits per heavy atom. The molecule has 0 saturated heterocycles. The van der Waals surface area contributed by atoms with Crippen molar-refractivity contribution in [2.24, 2.45) is 0 Å². The summed E-state index contributed by atoms with van der Waals surface area (Å²) < 4.78 is 0. The first-order valence-electron chi connectivity index (χ1n) is 5.02. The molecule has 0 spiro atoms. The van der Waals surface area contributed by atoms with Gasteiger partial charge in [0, 0.05) is 11.6 Å². The van der Waals surface area contributed by atoms with Crippen molar-refractivity contribution in [1.82, 2.24) is 10.6 Å². The molecule has 0 aromatic rings. The molecule has 2 N–H and O–H groups in total. The quantitative estimate of drug-likeness (QED) is 0.688. The Kier molecular flexibility index (Phi) is 3.31. The van der Waals surface area contributed by atoms with E-state index in [1.807, 2.05) is 0 Å². The molecule has 1 aliphatic rings. The number of amides is 1. The predicted octanol–water partition coefficient (Wildman–Crippen LogP) is 1.04. The maximum atomic E-state index is 11.3. The van der Waals surface area contributed by atoms with E-state index >= 15 is 0 Å².